The number of aliphatic carboxylic acids is 1. The minimum absolute atomic E-state index is 0.0595. The van der Waals surface area contributed by atoms with E-state index >= 15 is 0 Å². The molecule has 1 unspecified atom stereocenters. The molecule has 0 radical (unpaired) electrons. The molecule has 14 heavy (non-hydrogen) atoms. The third-order valence-electron chi connectivity index (χ3n) is 1.55. The topological polar surface area (TPSA) is 98.3 Å². The number of hydrogen-bond acceptors (Lipinski definition) is 5. The average molecular weight is 218 g/mol. The summed E-state index contributed by atoms with van der Waals surface area (Å²) in [6.07, 6.45) is 0. The first kappa shape index (κ1) is 10.7. The summed E-state index contributed by atoms with van der Waals surface area (Å²) >= 11 is 5.54. The standard InChI is InChI=1S/C7H8ClN3O3/c1-14-6-3(5(9)7(12)13)2-4(8)10-11-6/h2,5H,9H2,1H3,(H,12,13). The van der Waals surface area contributed by atoms with Crippen LogP contribution in [0.25, 0.3) is 0 Å². The zero-order valence-corrected chi connectivity index (χ0v) is 8.02. The molecule has 0 fully saturated rings. The maximum atomic E-state index is 10.6. The maximum absolute atomic E-state index is 10.6. The molecule has 1 heterocycles. The molecule has 0 saturated carbocycles. The summed E-state index contributed by atoms with van der Waals surface area (Å²) in [5.41, 5.74) is 5.57. The van der Waals surface area contributed by atoms with Crippen LogP contribution in [0, 0.1) is 0 Å². The molecule has 1 rings (SSSR count). The first-order valence-electron chi connectivity index (χ1n) is 3.61. The maximum Gasteiger partial charge on any atom is 0.325 e. The van der Waals surface area contributed by atoms with Crippen LogP contribution in [-0.2, 0) is 4.79 Å². The van der Waals surface area contributed by atoms with Crippen LogP contribution in [-0.4, -0.2) is 28.4 Å². The number of ether oxygens (including phenoxy) is 1. The Balaban J connectivity index is 3.16. The van der Waals surface area contributed by atoms with E-state index in [2.05, 4.69) is 10.2 Å². The van der Waals surface area contributed by atoms with Gasteiger partial charge in [0.25, 0.3) is 0 Å². The summed E-state index contributed by atoms with van der Waals surface area (Å²) in [6.45, 7) is 0. The lowest BCUT2D eigenvalue weighted by Crippen LogP contribution is -2.21. The fourth-order valence-electron chi connectivity index (χ4n) is 0.884. The van der Waals surface area contributed by atoms with E-state index in [1.165, 1.54) is 13.2 Å². The van der Waals surface area contributed by atoms with Crippen LogP contribution in [0.4, 0.5) is 0 Å². The lowest BCUT2D eigenvalue weighted by atomic mass is 10.1. The van der Waals surface area contributed by atoms with Crippen LogP contribution in [0.15, 0.2) is 6.07 Å². The van der Waals surface area contributed by atoms with Gasteiger partial charge in [0.1, 0.15) is 6.04 Å². The molecule has 0 spiro atoms. The predicted molar refractivity (Wildman–Crippen MR) is 48.2 cm³/mol. The van der Waals surface area contributed by atoms with Crippen LogP contribution in [0.2, 0.25) is 5.15 Å². The van der Waals surface area contributed by atoms with E-state index < -0.39 is 12.0 Å². The zero-order chi connectivity index (χ0) is 10.7. The van der Waals surface area contributed by atoms with Crippen molar-refractivity contribution >= 4 is 17.6 Å². The molecule has 3 N–H and O–H groups in total. The smallest absolute Gasteiger partial charge is 0.325 e. The summed E-state index contributed by atoms with van der Waals surface area (Å²) in [5, 5.41) is 15.8. The highest BCUT2D eigenvalue weighted by Crippen LogP contribution is 2.22. The SMILES string of the molecule is COc1nnc(Cl)cc1C(N)C(=O)O. The predicted octanol–water partition coefficient (Wildman–Crippen LogP) is 0.223. The molecule has 76 valence electrons. The summed E-state index contributed by atoms with van der Waals surface area (Å²) in [6, 6.07) is 0.0876. The fourth-order valence-corrected chi connectivity index (χ4v) is 1.04. The average Bonchev–Trinajstić information content (AvgIpc) is 2.16. The highest BCUT2D eigenvalue weighted by atomic mass is 35.5. The van der Waals surface area contributed by atoms with Crippen molar-refractivity contribution in [3.63, 3.8) is 0 Å². The Morgan fingerprint density at radius 3 is 2.86 bits per heavy atom. The van der Waals surface area contributed by atoms with Crippen molar-refractivity contribution in [3.05, 3.63) is 16.8 Å². The molecular weight excluding hydrogens is 210 g/mol. The molecule has 6 nitrogen and oxygen atoms in total. The van der Waals surface area contributed by atoms with Crippen LogP contribution in [0.3, 0.4) is 0 Å². The minimum Gasteiger partial charge on any atom is -0.480 e. The van der Waals surface area contributed by atoms with Gasteiger partial charge >= 0.3 is 5.97 Å². The lowest BCUT2D eigenvalue weighted by molar-refractivity contribution is -0.138. The summed E-state index contributed by atoms with van der Waals surface area (Å²) < 4.78 is 4.80. The van der Waals surface area contributed by atoms with E-state index in [-0.39, 0.29) is 16.6 Å². The summed E-state index contributed by atoms with van der Waals surface area (Å²) in [5.74, 6) is -1.13. The number of carboxylic acid groups (broad SMARTS) is 1. The monoisotopic (exact) mass is 217 g/mol. The molecular formula is C7H8ClN3O3. The van der Waals surface area contributed by atoms with Gasteiger partial charge in [-0.25, -0.2) is 0 Å². The van der Waals surface area contributed by atoms with Gasteiger partial charge < -0.3 is 15.6 Å². The normalized spacial score (nSPS) is 12.2. The van der Waals surface area contributed by atoms with E-state index in [9.17, 15) is 4.79 Å². The molecule has 1 aromatic rings. The van der Waals surface area contributed by atoms with Gasteiger partial charge in [-0.1, -0.05) is 11.6 Å². The molecule has 1 aromatic heterocycles. The molecule has 0 aliphatic heterocycles. The summed E-state index contributed by atoms with van der Waals surface area (Å²) in [4.78, 5) is 10.6. The number of nitrogens with two attached hydrogens (primary N) is 1. The van der Waals surface area contributed by atoms with Gasteiger partial charge in [-0.2, -0.15) is 0 Å². The Bertz CT molecular complexity index is 358. The molecule has 0 bridgehead atoms. The van der Waals surface area contributed by atoms with E-state index in [4.69, 9.17) is 27.2 Å². The third-order valence-corrected chi connectivity index (χ3v) is 1.74. The molecule has 0 amide bonds. The van der Waals surface area contributed by atoms with Crippen molar-refractivity contribution in [1.82, 2.24) is 10.2 Å². The van der Waals surface area contributed by atoms with E-state index in [1.54, 1.807) is 0 Å². The molecule has 0 aliphatic rings. The number of carbonyl (C=O) groups is 1. The largest absolute Gasteiger partial charge is 0.480 e. The van der Waals surface area contributed by atoms with Crippen molar-refractivity contribution < 1.29 is 14.6 Å². The van der Waals surface area contributed by atoms with E-state index in [1.807, 2.05) is 0 Å². The number of methoxy groups -OCH3 is 1. The Morgan fingerprint density at radius 2 is 2.36 bits per heavy atom. The second kappa shape index (κ2) is 4.21. The van der Waals surface area contributed by atoms with E-state index in [0.29, 0.717) is 0 Å². The Morgan fingerprint density at radius 1 is 1.71 bits per heavy atom. The number of halogens is 1. The lowest BCUT2D eigenvalue weighted by Gasteiger charge is -2.09. The van der Waals surface area contributed by atoms with Crippen LogP contribution in [0.5, 0.6) is 5.88 Å². The molecule has 1 atom stereocenters. The van der Waals surface area contributed by atoms with Crippen molar-refractivity contribution in [1.29, 1.82) is 0 Å². The van der Waals surface area contributed by atoms with Crippen molar-refractivity contribution in [2.24, 2.45) is 5.73 Å². The van der Waals surface area contributed by atoms with Crippen LogP contribution >= 0.6 is 11.6 Å². The first-order chi connectivity index (χ1) is 6.56. The second-order valence-electron chi connectivity index (χ2n) is 2.45. The van der Waals surface area contributed by atoms with Crippen molar-refractivity contribution in [3.8, 4) is 5.88 Å². The van der Waals surface area contributed by atoms with Gasteiger partial charge in [0.2, 0.25) is 5.88 Å². The number of nitrogens with zero attached hydrogens (tertiary/aromatic N) is 2. The Hall–Kier alpha value is -1.40. The molecule has 0 aliphatic carbocycles. The van der Waals surface area contributed by atoms with Gasteiger partial charge in [0, 0.05) is 5.56 Å². The van der Waals surface area contributed by atoms with E-state index in [0.717, 1.165) is 0 Å². The van der Waals surface area contributed by atoms with Gasteiger partial charge in [0.05, 0.1) is 7.11 Å². The molecule has 0 saturated heterocycles. The minimum atomic E-state index is -1.22. The summed E-state index contributed by atoms with van der Waals surface area (Å²) in [7, 11) is 1.34. The fraction of sp³-hybridized carbons (Fsp3) is 0.286. The van der Waals surface area contributed by atoms with Crippen molar-refractivity contribution in [2.45, 2.75) is 6.04 Å². The van der Waals surface area contributed by atoms with Gasteiger partial charge in [-0.05, 0) is 6.07 Å². The number of aromatic nitrogens is 2. The number of rotatable bonds is 3. The number of carboxylic acids is 1. The van der Waals surface area contributed by atoms with Crippen LogP contribution in [0.1, 0.15) is 11.6 Å². The second-order valence-corrected chi connectivity index (χ2v) is 2.83. The number of hydrogen-bond donors (Lipinski definition) is 2. The quantitative estimate of drug-likeness (QED) is 0.752. The van der Waals surface area contributed by atoms with Gasteiger partial charge in [-0.15, -0.1) is 10.2 Å². The van der Waals surface area contributed by atoms with Crippen molar-refractivity contribution in [2.75, 3.05) is 7.11 Å². The van der Waals surface area contributed by atoms with Gasteiger partial charge in [0.15, 0.2) is 5.15 Å². The van der Waals surface area contributed by atoms with Gasteiger partial charge in [-0.3, -0.25) is 4.79 Å². The Kier molecular flexibility index (Phi) is 3.21. The van der Waals surface area contributed by atoms with Crippen LogP contribution < -0.4 is 10.5 Å². The molecule has 0 aromatic carbocycles. The zero-order valence-electron chi connectivity index (χ0n) is 7.27. The first-order valence-corrected chi connectivity index (χ1v) is 3.99. The highest BCUT2D eigenvalue weighted by Gasteiger charge is 2.20. The highest BCUT2D eigenvalue weighted by molar-refractivity contribution is 6.29. The Labute approximate surface area is 84.6 Å². The third kappa shape index (κ3) is 2.09. The molecule has 7 heteroatoms.